The average molecular weight is 291 g/mol. The normalized spacial score (nSPS) is 12.8. The van der Waals surface area contributed by atoms with E-state index < -0.39 is 0 Å². The number of aromatic nitrogens is 4. The van der Waals surface area contributed by atoms with Gasteiger partial charge in [0.25, 0.3) is 0 Å². The second-order valence-electron chi connectivity index (χ2n) is 5.09. The van der Waals surface area contributed by atoms with Gasteiger partial charge >= 0.3 is 0 Å². The van der Waals surface area contributed by atoms with E-state index in [1.54, 1.807) is 6.20 Å². The maximum atomic E-state index is 4.55. The zero-order valence-electron chi connectivity index (χ0n) is 13.3. The zero-order chi connectivity index (χ0) is 15.2. The van der Waals surface area contributed by atoms with E-state index in [4.69, 9.17) is 0 Å². The van der Waals surface area contributed by atoms with Crippen LogP contribution in [0.15, 0.2) is 6.20 Å². The lowest BCUT2D eigenvalue weighted by molar-refractivity contribution is 0.294. The summed E-state index contributed by atoms with van der Waals surface area (Å²) in [6.45, 7) is 12.4. The summed E-state index contributed by atoms with van der Waals surface area (Å²) in [6.07, 6.45) is 1.76. The Hall–Kier alpha value is -1.89. The highest BCUT2D eigenvalue weighted by molar-refractivity contribution is 5.87. The summed E-state index contributed by atoms with van der Waals surface area (Å²) in [6, 6.07) is 0.298. The molecule has 0 saturated heterocycles. The van der Waals surface area contributed by atoms with Crippen LogP contribution in [0.3, 0.4) is 0 Å². The minimum absolute atomic E-state index is 0.298. The molecular formula is C14H25N7. The molecule has 0 aliphatic carbocycles. The molecule has 0 aliphatic rings. The standard InChI is InChI=1S/C14H25N7/c1-5-15-14-18-12(11-8-16-20-13(11)19-14)17-10(4)9-21(6-2)7-3/h8,10H,5-7,9H2,1-4H3,(H3,15,16,17,18,19,20). The van der Waals surface area contributed by atoms with Crippen molar-refractivity contribution in [2.75, 3.05) is 36.8 Å². The summed E-state index contributed by atoms with van der Waals surface area (Å²) in [5, 5.41) is 14.5. The van der Waals surface area contributed by atoms with Crippen molar-refractivity contribution in [2.24, 2.45) is 0 Å². The highest BCUT2D eigenvalue weighted by atomic mass is 15.2. The molecule has 3 N–H and O–H groups in total. The topological polar surface area (TPSA) is 81.8 Å². The smallest absolute Gasteiger partial charge is 0.226 e. The van der Waals surface area contributed by atoms with Crippen molar-refractivity contribution in [3.05, 3.63) is 6.20 Å². The Balaban J connectivity index is 2.17. The molecule has 7 heteroatoms. The fourth-order valence-corrected chi connectivity index (χ4v) is 2.33. The molecular weight excluding hydrogens is 266 g/mol. The first-order chi connectivity index (χ1) is 10.2. The molecule has 2 aromatic heterocycles. The van der Waals surface area contributed by atoms with E-state index in [9.17, 15) is 0 Å². The summed E-state index contributed by atoms with van der Waals surface area (Å²) in [7, 11) is 0. The molecule has 0 fully saturated rings. The monoisotopic (exact) mass is 291 g/mol. The first-order valence-electron chi connectivity index (χ1n) is 7.61. The lowest BCUT2D eigenvalue weighted by Crippen LogP contribution is -2.35. The van der Waals surface area contributed by atoms with Crippen molar-refractivity contribution in [1.82, 2.24) is 25.1 Å². The predicted molar refractivity (Wildman–Crippen MR) is 86.7 cm³/mol. The SMILES string of the molecule is CCNc1nc(NC(C)CN(CC)CC)c2cn[nH]c2n1. The molecule has 21 heavy (non-hydrogen) atoms. The van der Waals surface area contributed by atoms with Gasteiger partial charge < -0.3 is 15.5 Å². The quantitative estimate of drug-likeness (QED) is 0.689. The van der Waals surface area contributed by atoms with Crippen LogP contribution in [0, 0.1) is 0 Å². The third-order valence-electron chi connectivity index (χ3n) is 3.45. The molecule has 0 aromatic carbocycles. The van der Waals surface area contributed by atoms with Gasteiger partial charge in [-0.3, -0.25) is 5.10 Å². The number of hydrogen-bond acceptors (Lipinski definition) is 6. The van der Waals surface area contributed by atoms with Crippen LogP contribution in [0.1, 0.15) is 27.7 Å². The summed E-state index contributed by atoms with van der Waals surface area (Å²) < 4.78 is 0. The van der Waals surface area contributed by atoms with Crippen LogP contribution in [0.25, 0.3) is 11.0 Å². The molecule has 0 spiro atoms. The number of anilines is 2. The molecule has 0 aliphatic heterocycles. The number of likely N-dealkylation sites (N-methyl/N-ethyl adjacent to an activating group) is 1. The number of nitrogens with zero attached hydrogens (tertiary/aromatic N) is 4. The van der Waals surface area contributed by atoms with Crippen molar-refractivity contribution in [1.29, 1.82) is 0 Å². The third-order valence-corrected chi connectivity index (χ3v) is 3.45. The first kappa shape index (κ1) is 15.5. The Morgan fingerprint density at radius 2 is 2.00 bits per heavy atom. The van der Waals surface area contributed by atoms with Gasteiger partial charge in [-0.2, -0.15) is 15.1 Å². The molecule has 0 radical (unpaired) electrons. The Kier molecular flexibility index (Phi) is 5.32. The van der Waals surface area contributed by atoms with Crippen molar-refractivity contribution in [3.63, 3.8) is 0 Å². The van der Waals surface area contributed by atoms with E-state index in [-0.39, 0.29) is 0 Å². The van der Waals surface area contributed by atoms with Crippen LogP contribution in [-0.4, -0.2) is 57.3 Å². The van der Waals surface area contributed by atoms with Gasteiger partial charge in [-0.1, -0.05) is 13.8 Å². The average Bonchev–Trinajstić information content (AvgIpc) is 2.93. The van der Waals surface area contributed by atoms with Crippen LogP contribution in [0.5, 0.6) is 0 Å². The van der Waals surface area contributed by atoms with Crippen molar-refractivity contribution in [2.45, 2.75) is 33.7 Å². The molecule has 2 aromatic rings. The number of hydrogen-bond donors (Lipinski definition) is 3. The Morgan fingerprint density at radius 1 is 1.24 bits per heavy atom. The number of rotatable bonds is 8. The fraction of sp³-hybridized carbons (Fsp3) is 0.643. The van der Waals surface area contributed by atoms with Gasteiger partial charge in [-0.25, -0.2) is 0 Å². The number of H-pyrrole nitrogens is 1. The lowest BCUT2D eigenvalue weighted by atomic mass is 10.3. The molecule has 1 unspecified atom stereocenters. The molecule has 0 bridgehead atoms. The minimum Gasteiger partial charge on any atom is -0.366 e. The minimum atomic E-state index is 0.298. The number of nitrogens with one attached hydrogen (secondary N) is 3. The van der Waals surface area contributed by atoms with E-state index in [0.717, 1.165) is 43.0 Å². The third kappa shape index (κ3) is 3.81. The highest BCUT2D eigenvalue weighted by Crippen LogP contribution is 2.20. The predicted octanol–water partition coefficient (Wildman–Crippen LogP) is 1.93. The van der Waals surface area contributed by atoms with E-state index in [2.05, 4.69) is 56.5 Å². The first-order valence-corrected chi connectivity index (χ1v) is 7.61. The Bertz CT molecular complexity index is 561. The van der Waals surface area contributed by atoms with Gasteiger partial charge in [0.2, 0.25) is 5.95 Å². The van der Waals surface area contributed by atoms with E-state index in [1.165, 1.54) is 0 Å². The van der Waals surface area contributed by atoms with Crippen LogP contribution < -0.4 is 10.6 Å². The summed E-state index contributed by atoms with van der Waals surface area (Å²) >= 11 is 0. The molecule has 7 nitrogen and oxygen atoms in total. The van der Waals surface area contributed by atoms with Crippen LogP contribution in [0.4, 0.5) is 11.8 Å². The zero-order valence-corrected chi connectivity index (χ0v) is 13.3. The van der Waals surface area contributed by atoms with Crippen LogP contribution >= 0.6 is 0 Å². The molecule has 0 amide bonds. The highest BCUT2D eigenvalue weighted by Gasteiger charge is 2.13. The van der Waals surface area contributed by atoms with Crippen molar-refractivity contribution in [3.8, 4) is 0 Å². The second kappa shape index (κ2) is 7.21. The van der Waals surface area contributed by atoms with Gasteiger partial charge in [-0.15, -0.1) is 0 Å². The molecule has 2 rings (SSSR count). The molecule has 116 valence electrons. The molecule has 2 heterocycles. The van der Waals surface area contributed by atoms with Gasteiger partial charge in [-0.05, 0) is 26.9 Å². The van der Waals surface area contributed by atoms with Gasteiger partial charge in [0, 0.05) is 19.1 Å². The summed E-state index contributed by atoms with van der Waals surface area (Å²) in [4.78, 5) is 11.3. The lowest BCUT2D eigenvalue weighted by Gasteiger charge is -2.24. The summed E-state index contributed by atoms with van der Waals surface area (Å²) in [5.41, 5.74) is 0.749. The maximum absolute atomic E-state index is 4.55. The van der Waals surface area contributed by atoms with Gasteiger partial charge in [0.15, 0.2) is 5.65 Å². The number of fused-ring (bicyclic) bond motifs is 1. The van der Waals surface area contributed by atoms with E-state index in [1.807, 2.05) is 6.92 Å². The molecule has 1 atom stereocenters. The van der Waals surface area contributed by atoms with Crippen molar-refractivity contribution >= 4 is 22.8 Å². The van der Waals surface area contributed by atoms with E-state index >= 15 is 0 Å². The number of aromatic amines is 1. The van der Waals surface area contributed by atoms with Gasteiger partial charge in [0.05, 0.1) is 11.6 Å². The second-order valence-corrected chi connectivity index (χ2v) is 5.09. The Labute approximate surface area is 125 Å². The largest absolute Gasteiger partial charge is 0.366 e. The van der Waals surface area contributed by atoms with Gasteiger partial charge in [0.1, 0.15) is 5.82 Å². The molecule has 0 saturated carbocycles. The summed E-state index contributed by atoms with van der Waals surface area (Å²) in [5.74, 6) is 1.44. The van der Waals surface area contributed by atoms with Crippen LogP contribution in [0.2, 0.25) is 0 Å². The Morgan fingerprint density at radius 3 is 2.67 bits per heavy atom. The van der Waals surface area contributed by atoms with E-state index in [0.29, 0.717) is 12.0 Å². The fourth-order valence-electron chi connectivity index (χ4n) is 2.33. The van der Waals surface area contributed by atoms with Crippen LogP contribution in [-0.2, 0) is 0 Å². The van der Waals surface area contributed by atoms with Crippen molar-refractivity contribution < 1.29 is 0 Å². The maximum Gasteiger partial charge on any atom is 0.226 e.